The highest BCUT2D eigenvalue weighted by Crippen LogP contribution is 2.27. The maximum absolute atomic E-state index is 14.6. The largest absolute Gasteiger partial charge is 0.491 e. The minimum absolute atomic E-state index is 0.160. The third kappa shape index (κ3) is 7.08. The maximum Gasteiger partial charge on any atom is 0.491 e. The Balaban J connectivity index is 1.64. The number of hydrogen-bond acceptors (Lipinski definition) is 10. The summed E-state index contributed by atoms with van der Waals surface area (Å²) in [4.78, 5) is 45.2. The lowest BCUT2D eigenvalue weighted by atomic mass is 10.1. The molecule has 4 aromatic rings. The highest BCUT2D eigenvalue weighted by Gasteiger charge is 2.44. The minimum atomic E-state index is -5.57. The summed E-state index contributed by atoms with van der Waals surface area (Å²) in [7, 11) is 1.55. The standard InChI is InChI=1S/C24H19ClF5N9O4/c1-38-18(35-36-37-38)14-7-3-2-6-13(14)10-33-19(40)21(43-22(42)24(28,29)30)39-16(25)11-32-17(20(39)41)34-12-23(26,27)15-8-4-5-9-31-15/h2-9,11,21H,10,12H2,1H3,(H,32,34)(H,33,40). The lowest BCUT2D eigenvalue weighted by Gasteiger charge is -2.22. The lowest BCUT2D eigenvalue weighted by molar-refractivity contribution is -0.209. The van der Waals surface area contributed by atoms with E-state index in [-0.39, 0.29) is 16.9 Å². The smallest absolute Gasteiger partial charge is 0.425 e. The third-order valence-corrected chi connectivity index (χ3v) is 5.99. The molecule has 226 valence electrons. The average Bonchev–Trinajstić information content (AvgIpc) is 3.40. The van der Waals surface area contributed by atoms with Crippen molar-refractivity contribution in [1.82, 2.24) is 40.1 Å². The molecule has 0 spiro atoms. The van der Waals surface area contributed by atoms with E-state index in [2.05, 4.69) is 40.9 Å². The number of nitrogens with one attached hydrogen (secondary N) is 2. The van der Waals surface area contributed by atoms with Crippen LogP contribution in [0.5, 0.6) is 0 Å². The number of amides is 1. The topological polar surface area (TPSA) is 159 Å². The third-order valence-electron chi connectivity index (χ3n) is 5.71. The van der Waals surface area contributed by atoms with Crippen molar-refractivity contribution in [1.29, 1.82) is 0 Å². The molecule has 1 unspecified atom stereocenters. The molecule has 3 aromatic heterocycles. The van der Waals surface area contributed by atoms with Crippen LogP contribution in [0.25, 0.3) is 11.4 Å². The maximum atomic E-state index is 14.6. The number of ether oxygens (including phenoxy) is 1. The highest BCUT2D eigenvalue weighted by atomic mass is 35.5. The van der Waals surface area contributed by atoms with Crippen molar-refractivity contribution in [3.8, 4) is 11.4 Å². The summed E-state index contributed by atoms with van der Waals surface area (Å²) in [5, 5.41) is 14.7. The Morgan fingerprint density at radius 1 is 1.07 bits per heavy atom. The summed E-state index contributed by atoms with van der Waals surface area (Å²) in [6.45, 7) is -1.58. The van der Waals surface area contributed by atoms with Crippen LogP contribution in [0.4, 0.5) is 27.8 Å². The molecule has 1 amide bonds. The summed E-state index contributed by atoms with van der Waals surface area (Å²) < 4.78 is 74.4. The van der Waals surface area contributed by atoms with Crippen LogP contribution in [0, 0.1) is 0 Å². The first-order valence-electron chi connectivity index (χ1n) is 12.0. The van der Waals surface area contributed by atoms with Crippen molar-refractivity contribution >= 4 is 29.3 Å². The van der Waals surface area contributed by atoms with Crippen molar-refractivity contribution in [3.63, 3.8) is 0 Å². The van der Waals surface area contributed by atoms with E-state index in [4.69, 9.17) is 11.6 Å². The van der Waals surface area contributed by atoms with Crippen LogP contribution >= 0.6 is 11.6 Å². The van der Waals surface area contributed by atoms with Gasteiger partial charge in [0.25, 0.3) is 17.7 Å². The lowest BCUT2D eigenvalue weighted by Crippen LogP contribution is -2.43. The molecule has 4 rings (SSSR count). The van der Waals surface area contributed by atoms with Gasteiger partial charge in [0.05, 0.1) is 12.7 Å². The Morgan fingerprint density at radius 2 is 1.79 bits per heavy atom. The number of nitrogens with zero attached hydrogens (tertiary/aromatic N) is 7. The molecule has 0 aliphatic rings. The van der Waals surface area contributed by atoms with Crippen LogP contribution in [0.15, 0.2) is 59.7 Å². The molecule has 43 heavy (non-hydrogen) atoms. The molecule has 0 saturated carbocycles. The fraction of sp³-hybridized carbons (Fsp3) is 0.250. The molecule has 0 fully saturated rings. The molecule has 1 aromatic carbocycles. The van der Waals surface area contributed by atoms with Crippen LogP contribution < -0.4 is 16.2 Å². The van der Waals surface area contributed by atoms with Gasteiger partial charge in [-0.25, -0.2) is 19.0 Å². The van der Waals surface area contributed by atoms with E-state index >= 15 is 0 Å². The Kier molecular flexibility index (Phi) is 8.98. The number of aryl methyl sites for hydroxylation is 1. The zero-order valence-corrected chi connectivity index (χ0v) is 22.5. The Bertz CT molecular complexity index is 1680. The molecular formula is C24H19ClF5N9O4. The van der Waals surface area contributed by atoms with Crippen LogP contribution in [-0.2, 0) is 33.8 Å². The number of hydrogen-bond donors (Lipinski definition) is 2. The highest BCUT2D eigenvalue weighted by molar-refractivity contribution is 6.29. The molecule has 0 aliphatic carbocycles. The van der Waals surface area contributed by atoms with Gasteiger partial charge in [-0.3, -0.25) is 14.6 Å². The van der Waals surface area contributed by atoms with Gasteiger partial charge in [0.2, 0.25) is 0 Å². The number of carbonyl (C=O) groups is 2. The van der Waals surface area contributed by atoms with Crippen molar-refractivity contribution in [2.75, 3.05) is 11.9 Å². The number of esters is 1. The Morgan fingerprint density at radius 3 is 2.44 bits per heavy atom. The van der Waals surface area contributed by atoms with Gasteiger partial charge in [0.1, 0.15) is 10.8 Å². The van der Waals surface area contributed by atoms with E-state index in [1.807, 2.05) is 0 Å². The summed E-state index contributed by atoms with van der Waals surface area (Å²) >= 11 is 5.99. The number of carbonyl (C=O) groups excluding carboxylic acids is 2. The molecule has 3 heterocycles. The second-order valence-electron chi connectivity index (χ2n) is 8.63. The Labute approximate surface area is 242 Å². The van der Waals surface area contributed by atoms with Gasteiger partial charge < -0.3 is 15.4 Å². The van der Waals surface area contributed by atoms with E-state index in [1.54, 1.807) is 31.3 Å². The molecular weight excluding hydrogens is 609 g/mol. The second kappa shape index (κ2) is 12.5. The first-order valence-corrected chi connectivity index (χ1v) is 12.3. The SMILES string of the molecule is Cn1nnnc1-c1ccccc1CNC(=O)C(OC(=O)C(F)(F)F)n1c(Cl)cnc(NCC(F)(F)c2ccccn2)c1=O. The summed E-state index contributed by atoms with van der Waals surface area (Å²) in [5.41, 5.74) is -1.25. The number of tetrazole rings is 1. The van der Waals surface area contributed by atoms with Gasteiger partial charge in [-0.15, -0.1) is 5.10 Å². The van der Waals surface area contributed by atoms with Crippen LogP contribution in [-0.4, -0.2) is 59.3 Å². The van der Waals surface area contributed by atoms with Gasteiger partial charge in [-0.1, -0.05) is 41.9 Å². The number of benzene rings is 1. The molecule has 13 nitrogen and oxygen atoms in total. The number of halogens is 6. The second-order valence-corrected chi connectivity index (χ2v) is 9.02. The summed E-state index contributed by atoms with van der Waals surface area (Å²) in [5.74, 6) is -8.40. The molecule has 0 saturated heterocycles. The fourth-order valence-corrected chi connectivity index (χ4v) is 3.88. The molecule has 0 aliphatic heterocycles. The zero-order chi connectivity index (χ0) is 31.4. The fourth-order valence-electron chi connectivity index (χ4n) is 3.66. The zero-order valence-electron chi connectivity index (χ0n) is 21.7. The van der Waals surface area contributed by atoms with Gasteiger partial charge >= 0.3 is 18.1 Å². The van der Waals surface area contributed by atoms with Gasteiger partial charge in [-0.05, 0) is 28.1 Å². The van der Waals surface area contributed by atoms with Crippen molar-refractivity contribution in [2.45, 2.75) is 24.9 Å². The van der Waals surface area contributed by atoms with E-state index in [0.717, 1.165) is 12.3 Å². The summed E-state index contributed by atoms with van der Waals surface area (Å²) in [6.07, 6.45) is -6.38. The van der Waals surface area contributed by atoms with Crippen molar-refractivity contribution in [3.05, 3.63) is 81.6 Å². The minimum Gasteiger partial charge on any atom is -0.425 e. The van der Waals surface area contributed by atoms with Gasteiger partial charge in [0.15, 0.2) is 11.6 Å². The molecule has 0 bridgehead atoms. The van der Waals surface area contributed by atoms with E-state index in [1.165, 1.54) is 16.8 Å². The number of alkyl halides is 5. The van der Waals surface area contributed by atoms with Crippen LogP contribution in [0.2, 0.25) is 5.15 Å². The first-order chi connectivity index (χ1) is 20.3. The van der Waals surface area contributed by atoms with Crippen molar-refractivity contribution < 1.29 is 36.3 Å². The molecule has 2 N–H and O–H groups in total. The first kappa shape index (κ1) is 30.9. The number of anilines is 1. The van der Waals surface area contributed by atoms with Gasteiger partial charge in [0, 0.05) is 25.4 Å². The average molecular weight is 628 g/mol. The number of rotatable bonds is 10. The van der Waals surface area contributed by atoms with Crippen LogP contribution in [0.1, 0.15) is 17.5 Å². The number of aromatic nitrogens is 7. The molecule has 0 radical (unpaired) electrons. The number of pyridine rings is 1. The van der Waals surface area contributed by atoms with E-state index < -0.39 is 59.0 Å². The van der Waals surface area contributed by atoms with E-state index in [0.29, 0.717) is 17.3 Å². The van der Waals surface area contributed by atoms with Crippen molar-refractivity contribution in [2.24, 2.45) is 7.05 Å². The monoisotopic (exact) mass is 627 g/mol. The predicted molar refractivity (Wildman–Crippen MR) is 137 cm³/mol. The van der Waals surface area contributed by atoms with Crippen LogP contribution in [0.3, 0.4) is 0 Å². The normalized spacial score (nSPS) is 12.4. The quantitative estimate of drug-likeness (QED) is 0.198. The molecule has 1 atom stereocenters. The summed E-state index contributed by atoms with van der Waals surface area (Å²) in [6, 6.07) is 10.2. The predicted octanol–water partition coefficient (Wildman–Crippen LogP) is 2.61. The van der Waals surface area contributed by atoms with Gasteiger partial charge in [-0.2, -0.15) is 22.0 Å². The van der Waals surface area contributed by atoms with E-state index in [9.17, 15) is 36.3 Å². The molecule has 19 heteroatoms. The Hall–Kier alpha value is -5.00.